The quantitative estimate of drug-likeness (QED) is 0.538. The van der Waals surface area contributed by atoms with Gasteiger partial charge in [-0.25, -0.2) is 0 Å². The van der Waals surface area contributed by atoms with Crippen LogP contribution in [0.4, 0.5) is 17.5 Å². The fourth-order valence-electron chi connectivity index (χ4n) is 3.93. The maximum atomic E-state index is 12.0. The second-order valence-electron chi connectivity index (χ2n) is 7.97. The molecule has 1 atom stereocenters. The number of likely N-dealkylation sites (tertiary alicyclic amines) is 1. The maximum absolute atomic E-state index is 12.0. The van der Waals surface area contributed by atoms with Crippen molar-refractivity contribution in [2.24, 2.45) is 0 Å². The van der Waals surface area contributed by atoms with Crippen molar-refractivity contribution in [3.05, 3.63) is 30.7 Å². The molecule has 3 aromatic rings. The number of carbonyl (C=O) groups is 1. The standard InChI is InChI=1S/C20H25N9O/c1-3-16(30)28-8-4-5-13(10-28)22-18-17-12(2)26-27-19(17)25-20(24-18)23-14-9-21-29(11-14)15-6-7-15/h3,9,11,13,15H,1,4-8,10H2,2H3,(H3,22,23,24,25,26,27). The maximum Gasteiger partial charge on any atom is 0.246 e. The minimum atomic E-state index is -0.0381. The summed E-state index contributed by atoms with van der Waals surface area (Å²) in [6.07, 6.45) is 9.39. The van der Waals surface area contributed by atoms with Crippen LogP contribution >= 0.6 is 0 Å². The van der Waals surface area contributed by atoms with Crippen LogP contribution in [0.5, 0.6) is 0 Å². The third-order valence-electron chi connectivity index (χ3n) is 5.63. The van der Waals surface area contributed by atoms with Crippen molar-refractivity contribution >= 4 is 34.4 Å². The molecule has 1 saturated carbocycles. The van der Waals surface area contributed by atoms with E-state index in [4.69, 9.17) is 4.98 Å². The molecule has 4 heterocycles. The third kappa shape index (κ3) is 3.60. The van der Waals surface area contributed by atoms with Crippen LogP contribution in [0.25, 0.3) is 11.0 Å². The average molecular weight is 407 g/mol. The zero-order valence-electron chi connectivity index (χ0n) is 16.9. The van der Waals surface area contributed by atoms with Crippen LogP contribution < -0.4 is 10.6 Å². The molecular weight excluding hydrogens is 382 g/mol. The lowest BCUT2D eigenvalue weighted by Gasteiger charge is -2.33. The Morgan fingerprint density at radius 2 is 2.20 bits per heavy atom. The Kier molecular flexibility index (Phi) is 4.61. The van der Waals surface area contributed by atoms with Crippen LogP contribution in [0.2, 0.25) is 0 Å². The van der Waals surface area contributed by atoms with Crippen molar-refractivity contribution in [1.29, 1.82) is 0 Å². The number of piperidine rings is 1. The summed E-state index contributed by atoms with van der Waals surface area (Å²) in [5.74, 6) is 1.14. The minimum absolute atomic E-state index is 0.0381. The van der Waals surface area contributed by atoms with E-state index in [1.54, 1.807) is 6.20 Å². The van der Waals surface area contributed by atoms with E-state index < -0.39 is 0 Å². The van der Waals surface area contributed by atoms with Gasteiger partial charge in [-0.15, -0.1) is 0 Å². The molecule has 156 valence electrons. The summed E-state index contributed by atoms with van der Waals surface area (Å²) < 4.78 is 1.98. The fourth-order valence-corrected chi connectivity index (χ4v) is 3.93. The molecule has 0 spiro atoms. The van der Waals surface area contributed by atoms with E-state index in [0.29, 0.717) is 30.0 Å². The molecule has 2 aliphatic rings. The number of hydrogen-bond acceptors (Lipinski definition) is 7. The largest absolute Gasteiger partial charge is 0.365 e. The fraction of sp³-hybridized carbons (Fsp3) is 0.450. The summed E-state index contributed by atoms with van der Waals surface area (Å²) in [5.41, 5.74) is 2.34. The highest BCUT2D eigenvalue weighted by Crippen LogP contribution is 2.35. The average Bonchev–Trinajstić information content (AvgIpc) is 3.39. The van der Waals surface area contributed by atoms with Gasteiger partial charge in [-0.1, -0.05) is 6.58 Å². The highest BCUT2D eigenvalue weighted by atomic mass is 16.2. The van der Waals surface area contributed by atoms with Gasteiger partial charge in [0.25, 0.3) is 0 Å². The number of amides is 1. The molecule has 2 fully saturated rings. The molecule has 10 heteroatoms. The second kappa shape index (κ2) is 7.43. The van der Waals surface area contributed by atoms with E-state index in [9.17, 15) is 4.79 Å². The summed E-state index contributed by atoms with van der Waals surface area (Å²) in [6.45, 7) is 6.89. The van der Waals surface area contributed by atoms with Gasteiger partial charge in [0.05, 0.1) is 29.0 Å². The number of nitrogens with one attached hydrogen (secondary N) is 3. The molecule has 1 unspecified atom stereocenters. The molecule has 10 nitrogen and oxygen atoms in total. The summed E-state index contributed by atoms with van der Waals surface area (Å²) in [6, 6.07) is 0.615. The number of carbonyl (C=O) groups excluding carboxylic acids is 1. The van der Waals surface area contributed by atoms with Gasteiger partial charge in [0.15, 0.2) is 5.65 Å². The van der Waals surface area contributed by atoms with Gasteiger partial charge in [0, 0.05) is 25.3 Å². The van der Waals surface area contributed by atoms with E-state index in [1.807, 2.05) is 22.7 Å². The summed E-state index contributed by atoms with van der Waals surface area (Å²) in [4.78, 5) is 23.1. The lowest BCUT2D eigenvalue weighted by molar-refractivity contribution is -0.127. The number of fused-ring (bicyclic) bond motifs is 1. The number of aromatic nitrogens is 6. The van der Waals surface area contributed by atoms with Crippen molar-refractivity contribution in [3.8, 4) is 0 Å². The first kappa shape index (κ1) is 18.6. The number of hydrogen-bond donors (Lipinski definition) is 3. The van der Waals surface area contributed by atoms with E-state index >= 15 is 0 Å². The molecule has 1 aliphatic heterocycles. The third-order valence-corrected chi connectivity index (χ3v) is 5.63. The first-order chi connectivity index (χ1) is 14.6. The molecule has 3 aromatic heterocycles. The van der Waals surface area contributed by atoms with Crippen LogP contribution in [0.1, 0.15) is 37.4 Å². The Bertz CT molecular complexity index is 1100. The number of aryl methyl sites for hydroxylation is 1. The molecular formula is C20H25N9O. The Morgan fingerprint density at radius 3 is 3.00 bits per heavy atom. The lowest BCUT2D eigenvalue weighted by Crippen LogP contribution is -2.44. The summed E-state index contributed by atoms with van der Waals surface area (Å²) in [5, 5.41) is 19.3. The number of aromatic amines is 1. The number of H-pyrrole nitrogens is 1. The number of anilines is 3. The van der Waals surface area contributed by atoms with Crippen LogP contribution in [0, 0.1) is 6.92 Å². The van der Waals surface area contributed by atoms with Gasteiger partial charge in [-0.2, -0.15) is 20.2 Å². The molecule has 0 radical (unpaired) electrons. The van der Waals surface area contributed by atoms with E-state index in [-0.39, 0.29) is 11.9 Å². The molecule has 1 aliphatic carbocycles. The molecule has 1 amide bonds. The monoisotopic (exact) mass is 407 g/mol. The first-order valence-electron chi connectivity index (χ1n) is 10.3. The van der Waals surface area contributed by atoms with Crippen LogP contribution in [-0.2, 0) is 4.79 Å². The molecule has 5 rings (SSSR count). The Hall–Kier alpha value is -3.43. The van der Waals surface area contributed by atoms with Crippen molar-refractivity contribution < 1.29 is 4.79 Å². The summed E-state index contributed by atoms with van der Waals surface area (Å²) in [7, 11) is 0. The Balaban J connectivity index is 1.40. The van der Waals surface area contributed by atoms with Crippen LogP contribution in [0.3, 0.4) is 0 Å². The van der Waals surface area contributed by atoms with Gasteiger partial charge in [0.1, 0.15) is 5.82 Å². The number of nitrogens with zero attached hydrogens (tertiary/aromatic N) is 6. The summed E-state index contributed by atoms with van der Waals surface area (Å²) >= 11 is 0. The minimum Gasteiger partial charge on any atom is -0.365 e. The molecule has 0 aromatic carbocycles. The highest BCUT2D eigenvalue weighted by Gasteiger charge is 2.25. The Morgan fingerprint density at radius 1 is 1.33 bits per heavy atom. The van der Waals surface area contributed by atoms with E-state index in [0.717, 1.165) is 36.2 Å². The van der Waals surface area contributed by atoms with Crippen LogP contribution in [0.15, 0.2) is 25.0 Å². The molecule has 1 saturated heterocycles. The van der Waals surface area contributed by atoms with Crippen molar-refractivity contribution in [3.63, 3.8) is 0 Å². The van der Waals surface area contributed by atoms with E-state index in [2.05, 4.69) is 37.5 Å². The zero-order valence-corrected chi connectivity index (χ0v) is 16.9. The molecule has 0 bridgehead atoms. The lowest BCUT2D eigenvalue weighted by atomic mass is 10.1. The predicted molar refractivity (Wildman–Crippen MR) is 114 cm³/mol. The number of rotatable bonds is 6. The zero-order chi connectivity index (χ0) is 20.7. The van der Waals surface area contributed by atoms with Crippen molar-refractivity contribution in [1.82, 2.24) is 34.8 Å². The predicted octanol–water partition coefficient (Wildman–Crippen LogP) is 2.53. The molecule has 30 heavy (non-hydrogen) atoms. The first-order valence-corrected chi connectivity index (χ1v) is 10.3. The van der Waals surface area contributed by atoms with Gasteiger partial charge in [-0.05, 0) is 38.7 Å². The van der Waals surface area contributed by atoms with Crippen molar-refractivity contribution in [2.75, 3.05) is 23.7 Å². The van der Waals surface area contributed by atoms with Gasteiger partial charge in [0.2, 0.25) is 11.9 Å². The van der Waals surface area contributed by atoms with Crippen LogP contribution in [-0.4, -0.2) is 59.9 Å². The van der Waals surface area contributed by atoms with Crippen molar-refractivity contribution in [2.45, 2.75) is 44.7 Å². The van der Waals surface area contributed by atoms with Gasteiger partial charge >= 0.3 is 0 Å². The second-order valence-corrected chi connectivity index (χ2v) is 7.97. The Labute approximate surface area is 173 Å². The normalized spacial score (nSPS) is 19.1. The van der Waals surface area contributed by atoms with Gasteiger partial charge in [-0.3, -0.25) is 14.6 Å². The topological polar surface area (TPSA) is 117 Å². The SMILES string of the molecule is C=CC(=O)N1CCCC(Nc2nc(Nc3cnn(C4CC4)c3)nc3[nH]nc(C)c23)C1. The molecule has 3 N–H and O–H groups in total. The highest BCUT2D eigenvalue weighted by molar-refractivity contribution is 5.90. The van der Waals surface area contributed by atoms with E-state index in [1.165, 1.54) is 18.9 Å². The smallest absolute Gasteiger partial charge is 0.246 e. The van der Waals surface area contributed by atoms with Gasteiger partial charge < -0.3 is 15.5 Å².